The van der Waals surface area contributed by atoms with Crippen LogP contribution < -0.4 is 0 Å². The lowest BCUT2D eigenvalue weighted by atomic mass is 10.3. The van der Waals surface area contributed by atoms with E-state index < -0.39 is 5.24 Å². The van der Waals surface area contributed by atoms with Crippen LogP contribution in [0.5, 0.6) is 0 Å². The molecule has 2 aromatic heterocycles. The Kier molecular flexibility index (Phi) is 4.20. The minimum absolute atomic E-state index is 0. The van der Waals surface area contributed by atoms with Crippen LogP contribution in [0.25, 0.3) is 10.6 Å². The Morgan fingerprint density at radius 2 is 2.20 bits per heavy atom. The van der Waals surface area contributed by atoms with Gasteiger partial charge in [0.05, 0.1) is 6.20 Å². The second-order valence-corrected chi connectivity index (χ2v) is 3.92. The number of pyridine rings is 1. The van der Waals surface area contributed by atoms with Gasteiger partial charge in [-0.05, 0) is 23.7 Å². The molecule has 0 N–H and O–H groups in total. The van der Waals surface area contributed by atoms with Gasteiger partial charge >= 0.3 is 0 Å². The van der Waals surface area contributed by atoms with Crippen molar-refractivity contribution in [3.63, 3.8) is 0 Å². The maximum atomic E-state index is 10.8. The fraction of sp³-hybridized carbons (Fsp3) is 0. The number of carbonyl (C=O) groups is 1. The van der Waals surface area contributed by atoms with E-state index >= 15 is 0 Å². The van der Waals surface area contributed by atoms with Crippen molar-refractivity contribution >= 4 is 40.6 Å². The Labute approximate surface area is 102 Å². The van der Waals surface area contributed by atoms with E-state index in [1.807, 2.05) is 12.1 Å². The molecule has 0 atom stereocenters. The van der Waals surface area contributed by atoms with Crippen molar-refractivity contribution in [1.29, 1.82) is 0 Å². The second kappa shape index (κ2) is 5.21. The zero-order valence-corrected chi connectivity index (χ0v) is 9.77. The summed E-state index contributed by atoms with van der Waals surface area (Å²) in [6.45, 7) is 0. The molecular weight excluding hydrogens is 255 g/mol. The van der Waals surface area contributed by atoms with Crippen LogP contribution in [-0.2, 0) is 0 Å². The first-order valence-corrected chi connectivity index (χ1v) is 5.03. The number of nitrogens with zero attached hydrogens (tertiary/aromatic N) is 2. The third kappa shape index (κ3) is 2.75. The number of carbonyl (C=O) groups excluding carboxylic acids is 1. The van der Waals surface area contributed by atoms with Crippen LogP contribution in [0.2, 0.25) is 0 Å². The zero-order valence-electron chi connectivity index (χ0n) is 7.38. The summed E-state index contributed by atoms with van der Waals surface area (Å²) in [6.07, 6.45) is 4.86. The highest BCUT2D eigenvalue weighted by atomic mass is 35.5. The molecule has 0 bridgehead atoms. The summed E-state index contributed by atoms with van der Waals surface area (Å²) in [5.74, 6) is 0. The van der Waals surface area contributed by atoms with Gasteiger partial charge in [0.1, 0.15) is 9.88 Å². The van der Waals surface area contributed by atoms with Gasteiger partial charge in [0.25, 0.3) is 5.24 Å². The third-order valence-electron chi connectivity index (χ3n) is 1.61. The van der Waals surface area contributed by atoms with Gasteiger partial charge < -0.3 is 0 Å². The molecule has 6 heteroatoms. The number of hydrogen-bond donors (Lipinski definition) is 0. The molecule has 2 rings (SSSR count). The van der Waals surface area contributed by atoms with Crippen molar-refractivity contribution in [3.8, 4) is 10.6 Å². The molecule has 78 valence electrons. The van der Waals surface area contributed by atoms with Crippen molar-refractivity contribution in [1.82, 2.24) is 9.97 Å². The molecule has 0 aliphatic rings. The predicted octanol–water partition coefficient (Wildman–Crippen LogP) is 3.01. The van der Waals surface area contributed by atoms with Gasteiger partial charge in [0.2, 0.25) is 0 Å². The molecule has 2 aromatic rings. The Morgan fingerprint density at radius 3 is 2.73 bits per heavy atom. The van der Waals surface area contributed by atoms with Crippen molar-refractivity contribution in [2.45, 2.75) is 0 Å². The van der Waals surface area contributed by atoms with Crippen molar-refractivity contribution in [2.75, 3.05) is 0 Å². The van der Waals surface area contributed by atoms with Crippen molar-refractivity contribution in [3.05, 3.63) is 35.6 Å². The molecule has 15 heavy (non-hydrogen) atoms. The maximum absolute atomic E-state index is 10.8. The smallest absolute Gasteiger partial charge is 0.264 e. The topological polar surface area (TPSA) is 42.9 Å². The summed E-state index contributed by atoms with van der Waals surface area (Å²) in [5.41, 5.74) is 0.890. The number of halogens is 2. The fourth-order valence-electron chi connectivity index (χ4n) is 0.988. The van der Waals surface area contributed by atoms with Crippen molar-refractivity contribution in [2.24, 2.45) is 0 Å². The number of rotatable bonds is 2. The zero-order chi connectivity index (χ0) is 9.97. The standard InChI is InChI=1S/C9H5ClN2OS.ClH/c10-8(13)7-5-12-9(14-7)6-2-1-3-11-4-6;/h1-5H;1H. The minimum Gasteiger partial charge on any atom is -0.275 e. The lowest BCUT2D eigenvalue weighted by Crippen LogP contribution is -1.78. The SMILES string of the molecule is Cl.O=C(Cl)c1cnc(-c2cccnc2)s1. The number of thiazole rings is 1. The second-order valence-electron chi connectivity index (χ2n) is 2.55. The third-order valence-corrected chi connectivity index (χ3v) is 2.97. The van der Waals surface area contributed by atoms with E-state index in [1.165, 1.54) is 17.5 Å². The highest BCUT2D eigenvalue weighted by molar-refractivity contribution is 7.18. The Hall–Kier alpha value is -0.970. The van der Waals surface area contributed by atoms with E-state index in [2.05, 4.69) is 9.97 Å². The van der Waals surface area contributed by atoms with Gasteiger partial charge in [-0.1, -0.05) is 0 Å². The maximum Gasteiger partial charge on any atom is 0.264 e. The molecular formula is C9H6Cl2N2OS. The van der Waals surface area contributed by atoms with Gasteiger partial charge in [-0.3, -0.25) is 9.78 Å². The first-order chi connectivity index (χ1) is 6.77. The van der Waals surface area contributed by atoms with E-state index in [1.54, 1.807) is 12.4 Å². The van der Waals surface area contributed by atoms with Crippen LogP contribution in [0.3, 0.4) is 0 Å². The summed E-state index contributed by atoms with van der Waals surface area (Å²) in [6, 6.07) is 3.70. The monoisotopic (exact) mass is 260 g/mol. The van der Waals surface area contributed by atoms with Gasteiger partial charge in [-0.15, -0.1) is 23.7 Å². The normalized spacial score (nSPS) is 9.40. The quantitative estimate of drug-likeness (QED) is 0.780. The molecule has 0 amide bonds. The van der Waals surface area contributed by atoms with E-state index in [-0.39, 0.29) is 12.4 Å². The Balaban J connectivity index is 0.00000112. The number of hydrogen-bond acceptors (Lipinski definition) is 4. The molecule has 0 saturated heterocycles. The van der Waals surface area contributed by atoms with Crippen LogP contribution in [-0.4, -0.2) is 15.2 Å². The Morgan fingerprint density at radius 1 is 1.40 bits per heavy atom. The van der Waals surface area contributed by atoms with E-state index in [9.17, 15) is 4.79 Å². The van der Waals surface area contributed by atoms with Crippen LogP contribution in [0.4, 0.5) is 0 Å². The lowest BCUT2D eigenvalue weighted by molar-refractivity contribution is 0.108. The molecule has 0 fully saturated rings. The van der Waals surface area contributed by atoms with E-state index in [4.69, 9.17) is 11.6 Å². The summed E-state index contributed by atoms with van der Waals surface area (Å²) >= 11 is 6.58. The summed E-state index contributed by atoms with van der Waals surface area (Å²) in [4.78, 5) is 19.3. The molecule has 0 aliphatic heterocycles. The highest BCUT2D eigenvalue weighted by Crippen LogP contribution is 2.24. The molecule has 0 radical (unpaired) electrons. The minimum atomic E-state index is -0.474. The van der Waals surface area contributed by atoms with Gasteiger partial charge in [-0.2, -0.15) is 0 Å². The highest BCUT2D eigenvalue weighted by Gasteiger charge is 2.08. The molecule has 3 nitrogen and oxygen atoms in total. The average Bonchev–Trinajstić information content (AvgIpc) is 2.68. The molecule has 2 heterocycles. The molecule has 0 unspecified atom stereocenters. The predicted molar refractivity (Wildman–Crippen MR) is 62.8 cm³/mol. The van der Waals surface area contributed by atoms with E-state index in [0.29, 0.717) is 4.88 Å². The number of aromatic nitrogens is 2. The van der Waals surface area contributed by atoms with Crippen LogP contribution >= 0.6 is 35.3 Å². The lowest BCUT2D eigenvalue weighted by Gasteiger charge is -1.91. The molecule has 0 aliphatic carbocycles. The molecule has 0 spiro atoms. The summed E-state index contributed by atoms with van der Waals surface area (Å²) in [5, 5.41) is 0.278. The Bertz CT molecular complexity index is 458. The van der Waals surface area contributed by atoms with Gasteiger partial charge in [0.15, 0.2) is 0 Å². The first kappa shape index (κ1) is 12.1. The van der Waals surface area contributed by atoms with Gasteiger partial charge in [0, 0.05) is 18.0 Å². The van der Waals surface area contributed by atoms with E-state index in [0.717, 1.165) is 10.6 Å². The summed E-state index contributed by atoms with van der Waals surface area (Å²) in [7, 11) is 0. The summed E-state index contributed by atoms with van der Waals surface area (Å²) < 4.78 is 0. The fourth-order valence-corrected chi connectivity index (χ4v) is 1.89. The first-order valence-electron chi connectivity index (χ1n) is 3.83. The molecule has 0 saturated carbocycles. The molecule has 0 aromatic carbocycles. The van der Waals surface area contributed by atoms with Crippen LogP contribution in [0, 0.1) is 0 Å². The largest absolute Gasteiger partial charge is 0.275 e. The van der Waals surface area contributed by atoms with Crippen molar-refractivity contribution < 1.29 is 4.79 Å². The van der Waals surface area contributed by atoms with Crippen LogP contribution in [0.1, 0.15) is 9.67 Å². The van der Waals surface area contributed by atoms with Gasteiger partial charge in [-0.25, -0.2) is 4.98 Å². The average molecular weight is 261 g/mol. The van der Waals surface area contributed by atoms with Crippen LogP contribution in [0.15, 0.2) is 30.7 Å².